The van der Waals surface area contributed by atoms with Crippen molar-refractivity contribution in [1.29, 1.82) is 0 Å². The van der Waals surface area contributed by atoms with Gasteiger partial charge >= 0.3 is 0 Å². The number of morpholine rings is 1. The normalized spacial score (nSPS) is 19.0. The topological polar surface area (TPSA) is 64.4 Å². The molecule has 6 heteroatoms. The highest BCUT2D eigenvalue weighted by molar-refractivity contribution is 6.04. The van der Waals surface area contributed by atoms with Gasteiger partial charge in [0.25, 0.3) is 11.5 Å². The summed E-state index contributed by atoms with van der Waals surface area (Å²) in [6.07, 6.45) is 0. The molecule has 1 atom stereocenters. The summed E-state index contributed by atoms with van der Waals surface area (Å²) in [5.74, 6) is -0.155. The van der Waals surface area contributed by atoms with Gasteiger partial charge in [-0.25, -0.2) is 4.68 Å². The molecule has 0 saturated carbocycles. The Bertz CT molecular complexity index is 753. The van der Waals surface area contributed by atoms with E-state index in [9.17, 15) is 9.59 Å². The fourth-order valence-electron chi connectivity index (χ4n) is 2.62. The molecule has 0 aliphatic carbocycles. The van der Waals surface area contributed by atoms with Crippen LogP contribution in [0.4, 0.5) is 0 Å². The van der Waals surface area contributed by atoms with Crippen molar-refractivity contribution >= 4 is 16.7 Å². The van der Waals surface area contributed by atoms with Gasteiger partial charge in [0.05, 0.1) is 24.6 Å². The molecule has 0 spiro atoms. The number of ether oxygens (including phenoxy) is 1. The fourth-order valence-corrected chi connectivity index (χ4v) is 2.62. The van der Waals surface area contributed by atoms with E-state index < -0.39 is 0 Å². The molecule has 0 unspecified atom stereocenters. The van der Waals surface area contributed by atoms with E-state index in [-0.39, 0.29) is 17.5 Å². The van der Waals surface area contributed by atoms with Crippen molar-refractivity contribution in [1.82, 2.24) is 14.7 Å². The molecule has 110 valence electrons. The lowest BCUT2D eigenvalue weighted by Gasteiger charge is -2.33. The van der Waals surface area contributed by atoms with Crippen molar-refractivity contribution in [3.8, 4) is 0 Å². The Morgan fingerprint density at radius 2 is 2.05 bits per heavy atom. The zero-order valence-corrected chi connectivity index (χ0v) is 12.1. The van der Waals surface area contributed by atoms with Crippen LogP contribution in [0.5, 0.6) is 0 Å². The molecular weight excluding hydrogens is 270 g/mol. The number of aryl methyl sites for hydroxylation is 1. The molecule has 21 heavy (non-hydrogen) atoms. The number of fused-ring (bicyclic) bond motifs is 1. The monoisotopic (exact) mass is 287 g/mol. The first-order valence-corrected chi connectivity index (χ1v) is 6.94. The Hall–Kier alpha value is -2.21. The quantitative estimate of drug-likeness (QED) is 0.778. The second kappa shape index (κ2) is 5.29. The third-order valence-electron chi connectivity index (χ3n) is 3.79. The predicted octanol–water partition coefficient (Wildman–Crippen LogP) is 0.794. The molecule has 1 amide bonds. The van der Waals surface area contributed by atoms with Gasteiger partial charge in [0.1, 0.15) is 0 Å². The Morgan fingerprint density at radius 1 is 1.33 bits per heavy atom. The standard InChI is InChI=1S/C15H17N3O3/c1-10-9-21-8-7-18(10)15(20)13-11-5-3-4-6-12(11)14(19)17(2)16-13/h3-6,10H,7-9H2,1-2H3/t10-/m1/s1. The summed E-state index contributed by atoms with van der Waals surface area (Å²) in [5, 5.41) is 5.30. The van der Waals surface area contributed by atoms with E-state index in [0.29, 0.717) is 36.2 Å². The first-order chi connectivity index (χ1) is 10.1. The van der Waals surface area contributed by atoms with E-state index in [1.807, 2.05) is 13.0 Å². The van der Waals surface area contributed by atoms with Crippen molar-refractivity contribution in [2.24, 2.45) is 7.05 Å². The second-order valence-corrected chi connectivity index (χ2v) is 5.25. The van der Waals surface area contributed by atoms with Crippen LogP contribution in [0.25, 0.3) is 10.8 Å². The van der Waals surface area contributed by atoms with Crippen LogP contribution in [0, 0.1) is 0 Å². The summed E-state index contributed by atoms with van der Waals surface area (Å²) in [4.78, 5) is 26.6. The maximum absolute atomic E-state index is 12.8. The smallest absolute Gasteiger partial charge is 0.275 e. The first kappa shape index (κ1) is 13.8. The number of hydrogen-bond acceptors (Lipinski definition) is 4. The molecule has 2 heterocycles. The Balaban J connectivity index is 2.14. The minimum atomic E-state index is -0.197. The summed E-state index contributed by atoms with van der Waals surface area (Å²) >= 11 is 0. The SMILES string of the molecule is C[C@@H]1COCCN1C(=O)c1nn(C)c(=O)c2ccccc12. The Morgan fingerprint density at radius 3 is 2.76 bits per heavy atom. The Labute approximate surface area is 121 Å². The zero-order valence-electron chi connectivity index (χ0n) is 12.1. The lowest BCUT2D eigenvalue weighted by molar-refractivity contribution is 0.00327. The molecular formula is C15H17N3O3. The average molecular weight is 287 g/mol. The van der Waals surface area contributed by atoms with E-state index in [1.165, 1.54) is 4.68 Å². The number of carbonyl (C=O) groups is 1. The van der Waals surface area contributed by atoms with Crippen molar-refractivity contribution in [3.63, 3.8) is 0 Å². The van der Waals surface area contributed by atoms with Crippen LogP contribution >= 0.6 is 0 Å². The van der Waals surface area contributed by atoms with E-state index in [0.717, 1.165) is 0 Å². The summed E-state index contributed by atoms with van der Waals surface area (Å²) in [7, 11) is 1.56. The minimum Gasteiger partial charge on any atom is -0.377 e. The number of hydrogen-bond donors (Lipinski definition) is 0. The maximum atomic E-state index is 12.8. The van der Waals surface area contributed by atoms with Crippen LogP contribution in [0.3, 0.4) is 0 Å². The van der Waals surface area contributed by atoms with Gasteiger partial charge in [-0.05, 0) is 13.0 Å². The predicted molar refractivity (Wildman–Crippen MR) is 78.3 cm³/mol. The molecule has 0 N–H and O–H groups in total. The molecule has 3 rings (SSSR count). The van der Waals surface area contributed by atoms with Gasteiger partial charge in [-0.15, -0.1) is 0 Å². The lowest BCUT2D eigenvalue weighted by atomic mass is 10.1. The van der Waals surface area contributed by atoms with Gasteiger partial charge in [-0.2, -0.15) is 5.10 Å². The molecule has 0 radical (unpaired) electrons. The fraction of sp³-hybridized carbons (Fsp3) is 0.400. The molecule has 0 bridgehead atoms. The van der Waals surface area contributed by atoms with Crippen LogP contribution in [0.2, 0.25) is 0 Å². The van der Waals surface area contributed by atoms with Gasteiger partial charge in [0.15, 0.2) is 5.69 Å². The molecule has 2 aromatic rings. The van der Waals surface area contributed by atoms with Gasteiger partial charge in [-0.3, -0.25) is 9.59 Å². The van der Waals surface area contributed by atoms with Crippen molar-refractivity contribution in [2.75, 3.05) is 19.8 Å². The van der Waals surface area contributed by atoms with E-state index in [1.54, 1.807) is 30.1 Å². The summed E-state index contributed by atoms with van der Waals surface area (Å²) in [6.45, 7) is 3.54. The zero-order chi connectivity index (χ0) is 15.0. The van der Waals surface area contributed by atoms with Crippen molar-refractivity contribution < 1.29 is 9.53 Å². The number of rotatable bonds is 1. The van der Waals surface area contributed by atoms with E-state index >= 15 is 0 Å². The summed E-state index contributed by atoms with van der Waals surface area (Å²) in [6, 6.07) is 7.09. The highest BCUT2D eigenvalue weighted by Crippen LogP contribution is 2.17. The van der Waals surface area contributed by atoms with Crippen molar-refractivity contribution in [3.05, 3.63) is 40.3 Å². The van der Waals surface area contributed by atoms with Gasteiger partial charge in [-0.1, -0.05) is 18.2 Å². The van der Waals surface area contributed by atoms with Gasteiger partial charge in [0, 0.05) is 19.0 Å². The molecule has 1 aliphatic heterocycles. The number of amides is 1. The number of carbonyl (C=O) groups excluding carboxylic acids is 1. The van der Waals surface area contributed by atoms with Crippen LogP contribution in [-0.2, 0) is 11.8 Å². The maximum Gasteiger partial charge on any atom is 0.275 e. The molecule has 1 aromatic carbocycles. The minimum absolute atomic E-state index is 0.00375. The molecule has 1 saturated heterocycles. The molecule has 1 aromatic heterocycles. The summed E-state index contributed by atoms with van der Waals surface area (Å²) in [5.41, 5.74) is 0.124. The molecule has 6 nitrogen and oxygen atoms in total. The number of nitrogens with zero attached hydrogens (tertiary/aromatic N) is 3. The molecule has 1 aliphatic rings. The Kier molecular flexibility index (Phi) is 3.47. The lowest BCUT2D eigenvalue weighted by Crippen LogP contribution is -2.47. The largest absolute Gasteiger partial charge is 0.377 e. The van der Waals surface area contributed by atoms with Crippen LogP contribution in [0.15, 0.2) is 29.1 Å². The van der Waals surface area contributed by atoms with Gasteiger partial charge < -0.3 is 9.64 Å². The average Bonchev–Trinajstić information content (AvgIpc) is 2.51. The first-order valence-electron chi connectivity index (χ1n) is 6.94. The summed E-state index contributed by atoms with van der Waals surface area (Å²) < 4.78 is 6.58. The van der Waals surface area contributed by atoms with Crippen LogP contribution < -0.4 is 5.56 Å². The third-order valence-corrected chi connectivity index (χ3v) is 3.79. The van der Waals surface area contributed by atoms with Crippen LogP contribution in [0.1, 0.15) is 17.4 Å². The number of aromatic nitrogens is 2. The van der Waals surface area contributed by atoms with E-state index in [2.05, 4.69) is 5.10 Å². The molecule has 1 fully saturated rings. The highest BCUT2D eigenvalue weighted by atomic mass is 16.5. The van der Waals surface area contributed by atoms with Crippen LogP contribution in [-0.4, -0.2) is 46.4 Å². The second-order valence-electron chi connectivity index (χ2n) is 5.25. The third kappa shape index (κ3) is 2.31. The van der Waals surface area contributed by atoms with E-state index in [4.69, 9.17) is 4.74 Å². The van der Waals surface area contributed by atoms with Crippen molar-refractivity contribution in [2.45, 2.75) is 13.0 Å². The highest BCUT2D eigenvalue weighted by Gasteiger charge is 2.27. The number of benzene rings is 1. The van der Waals surface area contributed by atoms with Gasteiger partial charge in [0.2, 0.25) is 0 Å².